The fraction of sp³-hybridized carbons (Fsp3) is 0.600. The van der Waals surface area contributed by atoms with Crippen LogP contribution in [0.2, 0.25) is 0 Å². The molecule has 1 aromatic carbocycles. The summed E-state index contributed by atoms with van der Waals surface area (Å²) in [5.41, 5.74) is 2.26. The molecule has 1 aromatic rings. The van der Waals surface area contributed by atoms with Crippen LogP contribution >= 0.6 is 0 Å². The largest absolute Gasteiger partial charge is 0.350 e. The molecular weight excluding hydrogens is 314 g/mol. The second-order valence-electron chi connectivity index (χ2n) is 7.47. The van der Waals surface area contributed by atoms with Gasteiger partial charge in [-0.15, -0.1) is 0 Å². The second kappa shape index (κ2) is 8.99. The molecule has 2 amide bonds. The van der Waals surface area contributed by atoms with Gasteiger partial charge in [-0.1, -0.05) is 6.92 Å². The van der Waals surface area contributed by atoms with Gasteiger partial charge in [0.15, 0.2) is 0 Å². The first kappa shape index (κ1) is 19.4. The van der Waals surface area contributed by atoms with E-state index in [9.17, 15) is 9.59 Å². The summed E-state index contributed by atoms with van der Waals surface area (Å²) in [6.07, 6.45) is 2.83. The van der Waals surface area contributed by atoms with Gasteiger partial charge in [0, 0.05) is 23.7 Å². The SMILES string of the molecule is Cc1cc(NC(=O)CC(C)C2CCNCC2)ccc1C(=O)NC(C)C. The zero-order chi connectivity index (χ0) is 18.4. The third-order valence-electron chi connectivity index (χ3n) is 4.87. The monoisotopic (exact) mass is 345 g/mol. The summed E-state index contributed by atoms with van der Waals surface area (Å²) in [6, 6.07) is 5.54. The molecule has 3 N–H and O–H groups in total. The molecule has 1 aliphatic heterocycles. The van der Waals surface area contributed by atoms with Crippen LogP contribution in [0.1, 0.15) is 56.0 Å². The molecule has 138 valence electrons. The molecule has 1 aliphatic rings. The molecule has 0 bridgehead atoms. The summed E-state index contributed by atoms with van der Waals surface area (Å²) >= 11 is 0. The summed E-state index contributed by atoms with van der Waals surface area (Å²) in [7, 11) is 0. The Morgan fingerprint density at radius 2 is 1.88 bits per heavy atom. The van der Waals surface area contributed by atoms with Crippen LogP contribution < -0.4 is 16.0 Å². The van der Waals surface area contributed by atoms with Crippen LogP contribution in [0.15, 0.2) is 18.2 Å². The van der Waals surface area contributed by atoms with Crippen molar-refractivity contribution >= 4 is 17.5 Å². The third kappa shape index (κ3) is 5.85. The minimum atomic E-state index is -0.0788. The van der Waals surface area contributed by atoms with E-state index in [0.29, 0.717) is 23.8 Å². The summed E-state index contributed by atoms with van der Waals surface area (Å²) < 4.78 is 0. The lowest BCUT2D eigenvalue weighted by atomic mass is 9.84. The maximum absolute atomic E-state index is 12.3. The van der Waals surface area contributed by atoms with E-state index in [1.54, 1.807) is 12.1 Å². The number of amides is 2. The van der Waals surface area contributed by atoms with Gasteiger partial charge in [-0.25, -0.2) is 0 Å². The number of piperidine rings is 1. The summed E-state index contributed by atoms with van der Waals surface area (Å²) in [6.45, 7) is 10.0. The molecule has 0 radical (unpaired) electrons. The predicted molar refractivity (Wildman–Crippen MR) is 102 cm³/mol. The highest BCUT2D eigenvalue weighted by atomic mass is 16.2. The zero-order valence-electron chi connectivity index (χ0n) is 15.8. The molecule has 0 saturated carbocycles. The van der Waals surface area contributed by atoms with E-state index in [0.717, 1.165) is 37.2 Å². The van der Waals surface area contributed by atoms with Crippen molar-refractivity contribution in [1.82, 2.24) is 10.6 Å². The number of benzene rings is 1. The van der Waals surface area contributed by atoms with E-state index in [1.807, 2.05) is 26.8 Å². The van der Waals surface area contributed by atoms with Gasteiger partial charge < -0.3 is 16.0 Å². The van der Waals surface area contributed by atoms with E-state index in [-0.39, 0.29) is 17.9 Å². The number of hydrogen-bond donors (Lipinski definition) is 3. The van der Waals surface area contributed by atoms with E-state index in [4.69, 9.17) is 0 Å². The summed E-state index contributed by atoms with van der Waals surface area (Å²) in [4.78, 5) is 24.5. The molecule has 1 heterocycles. The fourth-order valence-corrected chi connectivity index (χ4v) is 3.42. The minimum absolute atomic E-state index is 0.0461. The number of carbonyl (C=O) groups is 2. The second-order valence-corrected chi connectivity index (χ2v) is 7.47. The Bertz CT molecular complexity index is 607. The van der Waals surface area contributed by atoms with Gasteiger partial charge in [0.25, 0.3) is 5.91 Å². The van der Waals surface area contributed by atoms with Crippen molar-refractivity contribution < 1.29 is 9.59 Å². The topological polar surface area (TPSA) is 70.2 Å². The Hall–Kier alpha value is -1.88. The van der Waals surface area contributed by atoms with Crippen molar-refractivity contribution in [3.63, 3.8) is 0 Å². The molecule has 0 spiro atoms. The lowest BCUT2D eigenvalue weighted by Crippen LogP contribution is -2.32. The van der Waals surface area contributed by atoms with Gasteiger partial charge in [-0.2, -0.15) is 0 Å². The van der Waals surface area contributed by atoms with E-state index in [2.05, 4.69) is 22.9 Å². The summed E-state index contributed by atoms with van der Waals surface area (Å²) in [5.74, 6) is 0.977. The van der Waals surface area contributed by atoms with Crippen molar-refractivity contribution in [2.75, 3.05) is 18.4 Å². The Morgan fingerprint density at radius 1 is 1.20 bits per heavy atom. The molecule has 5 heteroatoms. The number of aryl methyl sites for hydroxylation is 1. The van der Waals surface area contributed by atoms with Gasteiger partial charge in [0.2, 0.25) is 5.91 Å². The van der Waals surface area contributed by atoms with Gasteiger partial charge >= 0.3 is 0 Å². The average molecular weight is 345 g/mol. The van der Waals surface area contributed by atoms with Crippen molar-refractivity contribution in [3.05, 3.63) is 29.3 Å². The molecule has 5 nitrogen and oxygen atoms in total. The maximum Gasteiger partial charge on any atom is 0.251 e. The molecule has 1 fully saturated rings. The van der Waals surface area contributed by atoms with E-state index in [1.165, 1.54) is 0 Å². The Balaban J connectivity index is 1.92. The molecule has 0 aromatic heterocycles. The number of hydrogen-bond acceptors (Lipinski definition) is 3. The highest BCUT2D eigenvalue weighted by molar-refractivity contribution is 5.97. The van der Waals surface area contributed by atoms with Gasteiger partial charge in [0.05, 0.1) is 0 Å². The number of nitrogens with one attached hydrogen (secondary N) is 3. The molecule has 0 aliphatic carbocycles. The first-order valence-electron chi connectivity index (χ1n) is 9.29. The van der Waals surface area contributed by atoms with Gasteiger partial charge in [-0.3, -0.25) is 9.59 Å². The van der Waals surface area contributed by atoms with Crippen LogP contribution in [0.25, 0.3) is 0 Å². The third-order valence-corrected chi connectivity index (χ3v) is 4.87. The van der Waals surface area contributed by atoms with Crippen LogP contribution in [0, 0.1) is 18.8 Å². The van der Waals surface area contributed by atoms with Crippen molar-refractivity contribution in [1.29, 1.82) is 0 Å². The Labute approximate surface area is 151 Å². The Kier molecular flexibility index (Phi) is 7.00. The standard InChI is InChI=1S/C20H31N3O2/c1-13(2)22-20(25)18-6-5-17(11-15(18)4)23-19(24)12-14(3)16-7-9-21-10-8-16/h5-6,11,13-14,16,21H,7-10,12H2,1-4H3,(H,22,25)(H,23,24). The maximum atomic E-state index is 12.3. The molecule has 2 rings (SSSR count). The van der Waals surface area contributed by atoms with Crippen LogP contribution in [0.3, 0.4) is 0 Å². The molecular formula is C20H31N3O2. The van der Waals surface area contributed by atoms with Gasteiger partial charge in [0.1, 0.15) is 0 Å². The predicted octanol–water partition coefficient (Wildman–Crippen LogP) is 3.10. The average Bonchev–Trinajstić information content (AvgIpc) is 2.54. The van der Waals surface area contributed by atoms with Crippen molar-refractivity contribution in [2.24, 2.45) is 11.8 Å². The fourth-order valence-electron chi connectivity index (χ4n) is 3.42. The van der Waals surface area contributed by atoms with Crippen LogP contribution in [-0.2, 0) is 4.79 Å². The van der Waals surface area contributed by atoms with Crippen LogP contribution in [0.5, 0.6) is 0 Å². The molecule has 1 saturated heterocycles. The van der Waals surface area contributed by atoms with E-state index < -0.39 is 0 Å². The normalized spacial score (nSPS) is 16.5. The first-order chi connectivity index (χ1) is 11.9. The van der Waals surface area contributed by atoms with Crippen molar-refractivity contribution in [3.8, 4) is 0 Å². The lowest BCUT2D eigenvalue weighted by Gasteiger charge is -2.27. The molecule has 1 unspecified atom stereocenters. The molecule has 1 atom stereocenters. The zero-order valence-corrected chi connectivity index (χ0v) is 15.8. The first-order valence-corrected chi connectivity index (χ1v) is 9.29. The van der Waals surface area contributed by atoms with Crippen molar-refractivity contribution in [2.45, 2.75) is 53.0 Å². The summed E-state index contributed by atoms with van der Waals surface area (Å²) in [5, 5.41) is 9.23. The number of rotatable bonds is 6. The minimum Gasteiger partial charge on any atom is -0.350 e. The highest BCUT2D eigenvalue weighted by Gasteiger charge is 2.22. The van der Waals surface area contributed by atoms with Crippen LogP contribution in [-0.4, -0.2) is 30.9 Å². The Morgan fingerprint density at radius 3 is 2.48 bits per heavy atom. The quantitative estimate of drug-likeness (QED) is 0.742. The van der Waals surface area contributed by atoms with Crippen LogP contribution in [0.4, 0.5) is 5.69 Å². The number of anilines is 1. The van der Waals surface area contributed by atoms with E-state index >= 15 is 0 Å². The number of carbonyl (C=O) groups excluding carboxylic acids is 2. The highest BCUT2D eigenvalue weighted by Crippen LogP contribution is 2.25. The molecule has 25 heavy (non-hydrogen) atoms. The van der Waals surface area contributed by atoms with Gasteiger partial charge in [-0.05, 0) is 82.3 Å². The smallest absolute Gasteiger partial charge is 0.251 e. The lowest BCUT2D eigenvalue weighted by molar-refractivity contribution is -0.117.